The molecule has 0 N–H and O–H groups in total. The molecule has 0 radical (unpaired) electrons. The summed E-state index contributed by atoms with van der Waals surface area (Å²) in [6.07, 6.45) is 4.70. The van der Waals surface area contributed by atoms with Crippen LogP contribution in [-0.2, 0) is 4.79 Å². The first kappa shape index (κ1) is 14.1. The molecule has 0 atom stereocenters. The zero-order valence-corrected chi connectivity index (χ0v) is 11.3. The SMILES string of the molecule is COc1ccc(/C=C\C(=O)C2CC2)c(C(=O)[O-])c1OC. The number of benzene rings is 1. The second-order valence-electron chi connectivity index (χ2n) is 4.56. The summed E-state index contributed by atoms with van der Waals surface area (Å²) in [7, 11) is 2.77. The molecule has 0 saturated heterocycles. The van der Waals surface area contributed by atoms with Gasteiger partial charge in [-0.25, -0.2) is 0 Å². The first-order valence-corrected chi connectivity index (χ1v) is 6.26. The lowest BCUT2D eigenvalue weighted by Gasteiger charge is -2.15. The minimum Gasteiger partial charge on any atom is -0.545 e. The molecule has 0 aromatic heterocycles. The van der Waals surface area contributed by atoms with E-state index in [1.54, 1.807) is 12.1 Å². The molecule has 1 aliphatic rings. The molecule has 5 heteroatoms. The first-order chi connectivity index (χ1) is 9.58. The van der Waals surface area contributed by atoms with Gasteiger partial charge in [0, 0.05) is 5.92 Å². The lowest BCUT2D eigenvalue weighted by Crippen LogP contribution is -2.24. The lowest BCUT2D eigenvalue weighted by atomic mass is 10.0. The quantitative estimate of drug-likeness (QED) is 0.726. The Labute approximate surface area is 116 Å². The Kier molecular flexibility index (Phi) is 4.08. The van der Waals surface area contributed by atoms with Crippen LogP contribution in [0.3, 0.4) is 0 Å². The fourth-order valence-corrected chi connectivity index (χ4v) is 1.97. The van der Waals surface area contributed by atoms with Gasteiger partial charge in [-0.05, 0) is 30.5 Å². The van der Waals surface area contributed by atoms with Crippen molar-refractivity contribution in [3.63, 3.8) is 0 Å². The summed E-state index contributed by atoms with van der Waals surface area (Å²) in [5, 5.41) is 11.3. The molecule has 0 bridgehead atoms. The Morgan fingerprint density at radius 1 is 1.25 bits per heavy atom. The molecule has 106 valence electrons. The van der Waals surface area contributed by atoms with E-state index in [1.165, 1.54) is 26.4 Å². The van der Waals surface area contributed by atoms with Gasteiger partial charge in [-0.3, -0.25) is 4.79 Å². The third kappa shape index (κ3) is 2.82. The zero-order valence-electron chi connectivity index (χ0n) is 11.3. The number of ether oxygens (including phenoxy) is 2. The van der Waals surface area contributed by atoms with E-state index in [0.717, 1.165) is 12.8 Å². The van der Waals surface area contributed by atoms with Crippen LogP contribution in [0.5, 0.6) is 11.5 Å². The topological polar surface area (TPSA) is 75.7 Å². The number of hydrogen-bond donors (Lipinski definition) is 0. The second-order valence-corrected chi connectivity index (χ2v) is 4.56. The maximum absolute atomic E-state index is 11.6. The van der Waals surface area contributed by atoms with Crippen LogP contribution in [0.1, 0.15) is 28.8 Å². The van der Waals surface area contributed by atoms with Crippen LogP contribution in [0.15, 0.2) is 18.2 Å². The molecule has 0 amide bonds. The van der Waals surface area contributed by atoms with Crippen LogP contribution in [0, 0.1) is 5.92 Å². The van der Waals surface area contributed by atoms with Crippen LogP contribution in [0.25, 0.3) is 6.08 Å². The standard InChI is InChI=1S/C15H16O5/c1-19-12-8-6-10(5-7-11(16)9-3-4-9)13(15(17)18)14(12)20-2/h5-9H,3-4H2,1-2H3,(H,17,18)/p-1/b7-5-. The lowest BCUT2D eigenvalue weighted by molar-refractivity contribution is -0.255. The number of carbonyl (C=O) groups is 2. The highest BCUT2D eigenvalue weighted by Crippen LogP contribution is 2.34. The molecule has 0 heterocycles. The normalized spacial score (nSPS) is 14.3. The van der Waals surface area contributed by atoms with Gasteiger partial charge in [0.1, 0.15) is 0 Å². The van der Waals surface area contributed by atoms with Crippen LogP contribution in [0.4, 0.5) is 0 Å². The molecule has 20 heavy (non-hydrogen) atoms. The maximum Gasteiger partial charge on any atom is 0.170 e. The summed E-state index contributed by atoms with van der Waals surface area (Å²) >= 11 is 0. The number of carbonyl (C=O) groups excluding carboxylic acids is 2. The third-order valence-corrected chi connectivity index (χ3v) is 3.19. The molecule has 1 aromatic rings. The van der Waals surface area contributed by atoms with E-state index in [2.05, 4.69) is 0 Å². The van der Waals surface area contributed by atoms with Gasteiger partial charge < -0.3 is 19.4 Å². The predicted molar refractivity (Wildman–Crippen MR) is 70.6 cm³/mol. The van der Waals surface area contributed by atoms with Crippen molar-refractivity contribution in [3.05, 3.63) is 29.3 Å². The Morgan fingerprint density at radius 2 is 1.95 bits per heavy atom. The zero-order chi connectivity index (χ0) is 14.7. The summed E-state index contributed by atoms with van der Waals surface area (Å²) in [5.41, 5.74) is 0.239. The van der Waals surface area contributed by atoms with Gasteiger partial charge in [-0.2, -0.15) is 0 Å². The molecule has 0 unspecified atom stereocenters. The molecular weight excluding hydrogens is 260 g/mol. The van der Waals surface area contributed by atoms with Crippen LogP contribution >= 0.6 is 0 Å². The van der Waals surface area contributed by atoms with Crippen molar-refractivity contribution in [1.82, 2.24) is 0 Å². The Morgan fingerprint density at radius 3 is 2.45 bits per heavy atom. The number of carboxylic acid groups (broad SMARTS) is 1. The van der Waals surface area contributed by atoms with E-state index < -0.39 is 5.97 Å². The minimum atomic E-state index is -1.38. The predicted octanol–water partition coefficient (Wildman–Crippen LogP) is 1.06. The van der Waals surface area contributed by atoms with Gasteiger partial charge >= 0.3 is 0 Å². The highest BCUT2D eigenvalue weighted by atomic mass is 16.5. The van der Waals surface area contributed by atoms with Gasteiger partial charge in [0.15, 0.2) is 17.3 Å². The monoisotopic (exact) mass is 275 g/mol. The van der Waals surface area contributed by atoms with E-state index in [1.807, 2.05) is 0 Å². The van der Waals surface area contributed by atoms with Gasteiger partial charge in [0.05, 0.1) is 25.8 Å². The summed E-state index contributed by atoms with van der Waals surface area (Å²) in [5.74, 6) is -0.868. The molecule has 0 aliphatic heterocycles. The van der Waals surface area contributed by atoms with Crippen LogP contribution in [0.2, 0.25) is 0 Å². The Bertz CT molecular complexity index is 570. The summed E-state index contributed by atoms with van der Waals surface area (Å²) in [6, 6.07) is 3.15. The van der Waals surface area contributed by atoms with Crippen molar-refractivity contribution >= 4 is 17.8 Å². The second kappa shape index (κ2) is 5.77. The van der Waals surface area contributed by atoms with E-state index in [9.17, 15) is 14.7 Å². The van der Waals surface area contributed by atoms with Crippen molar-refractivity contribution in [2.24, 2.45) is 5.92 Å². The number of carboxylic acids is 1. The number of hydrogen-bond acceptors (Lipinski definition) is 5. The van der Waals surface area contributed by atoms with E-state index in [-0.39, 0.29) is 23.0 Å². The van der Waals surface area contributed by atoms with Crippen LogP contribution in [-0.4, -0.2) is 26.0 Å². The van der Waals surface area contributed by atoms with Crippen molar-refractivity contribution in [2.75, 3.05) is 14.2 Å². The van der Waals surface area contributed by atoms with Crippen LogP contribution < -0.4 is 14.6 Å². The van der Waals surface area contributed by atoms with E-state index >= 15 is 0 Å². The van der Waals surface area contributed by atoms with Crippen molar-refractivity contribution < 1.29 is 24.2 Å². The van der Waals surface area contributed by atoms with Crippen molar-refractivity contribution in [2.45, 2.75) is 12.8 Å². The minimum absolute atomic E-state index is 0.0177. The van der Waals surface area contributed by atoms with Gasteiger partial charge in [-0.1, -0.05) is 12.1 Å². The summed E-state index contributed by atoms with van der Waals surface area (Å²) in [4.78, 5) is 22.9. The Balaban J connectivity index is 2.41. The smallest absolute Gasteiger partial charge is 0.170 e. The molecule has 1 saturated carbocycles. The number of methoxy groups -OCH3 is 2. The van der Waals surface area contributed by atoms with Crippen molar-refractivity contribution in [1.29, 1.82) is 0 Å². The molecular formula is C15H15O5-. The average Bonchev–Trinajstić information content (AvgIpc) is 3.27. The fraction of sp³-hybridized carbons (Fsp3) is 0.333. The molecule has 2 rings (SSSR count). The Hall–Kier alpha value is -2.30. The third-order valence-electron chi connectivity index (χ3n) is 3.19. The largest absolute Gasteiger partial charge is 0.545 e. The van der Waals surface area contributed by atoms with E-state index in [4.69, 9.17) is 9.47 Å². The molecule has 1 aromatic carbocycles. The summed E-state index contributed by atoms with van der Waals surface area (Å²) in [6.45, 7) is 0. The number of allylic oxidation sites excluding steroid dienone is 1. The maximum atomic E-state index is 11.6. The average molecular weight is 275 g/mol. The molecule has 0 spiro atoms. The highest BCUT2D eigenvalue weighted by molar-refractivity contribution is 6.00. The highest BCUT2D eigenvalue weighted by Gasteiger charge is 2.27. The summed E-state index contributed by atoms with van der Waals surface area (Å²) < 4.78 is 10.1. The first-order valence-electron chi connectivity index (χ1n) is 6.26. The van der Waals surface area contributed by atoms with Crippen molar-refractivity contribution in [3.8, 4) is 11.5 Å². The molecule has 5 nitrogen and oxygen atoms in total. The van der Waals surface area contributed by atoms with E-state index in [0.29, 0.717) is 11.3 Å². The number of ketones is 1. The van der Waals surface area contributed by atoms with Gasteiger partial charge in [-0.15, -0.1) is 0 Å². The van der Waals surface area contributed by atoms with Gasteiger partial charge in [0.2, 0.25) is 0 Å². The number of aromatic carboxylic acids is 1. The fourth-order valence-electron chi connectivity index (χ4n) is 1.97. The molecule has 1 fully saturated rings. The number of rotatable bonds is 6. The van der Waals surface area contributed by atoms with Gasteiger partial charge in [0.25, 0.3) is 0 Å². The molecule has 1 aliphatic carbocycles.